The maximum absolute atomic E-state index is 13.5. The molecule has 6 heterocycles. The van der Waals surface area contributed by atoms with Gasteiger partial charge in [0.05, 0.1) is 83.2 Å². The Hall–Kier alpha value is -4.42. The van der Waals surface area contributed by atoms with Crippen LogP contribution < -0.4 is 31.5 Å². The maximum Gasteiger partial charge on any atom is 0.217 e. The first-order chi connectivity index (χ1) is 44.7. The number of carboxylic acids is 2. The van der Waals surface area contributed by atoms with Crippen LogP contribution in [0.1, 0.15) is 33.6 Å². The molecule has 6 aliphatic heterocycles. The fraction of sp³-hybridized carbons (Fsp3) is 0.885. The molecule has 0 aromatic carbocycles. The Morgan fingerprint density at radius 3 is 1.44 bits per heavy atom. The van der Waals surface area contributed by atoms with Gasteiger partial charge in [0.1, 0.15) is 146 Å². The Bertz CT molecular complexity index is 2500. The zero-order valence-electron chi connectivity index (χ0n) is 50.7. The van der Waals surface area contributed by atoms with Crippen LogP contribution in [0, 0.1) is 0 Å². The molecule has 33 atom stereocenters. The highest BCUT2D eigenvalue weighted by atomic mass is 16.8. The normalized spacial score (nSPS) is 42.5. The second kappa shape index (κ2) is 34.6. The molecule has 0 radical (unpaired) electrons. The first kappa shape index (κ1) is 79.6. The minimum atomic E-state index is -3.51. The van der Waals surface area contributed by atoms with E-state index in [-0.39, 0.29) is 6.41 Å². The Morgan fingerprint density at radius 2 is 0.958 bits per heavy atom. The summed E-state index contributed by atoms with van der Waals surface area (Å²) in [5.41, 5.74) is 0. The van der Waals surface area contributed by atoms with E-state index in [1.54, 1.807) is 0 Å². The summed E-state index contributed by atoms with van der Waals surface area (Å²) in [5.74, 6) is -14.8. The zero-order chi connectivity index (χ0) is 70.9. The summed E-state index contributed by atoms with van der Waals surface area (Å²) in [6.45, 7) is -5.94. The highest BCUT2D eigenvalue weighted by Crippen LogP contribution is 2.40. The molecular weight excluding hydrogens is 1300 g/mol. The summed E-state index contributed by atoms with van der Waals surface area (Å²) in [4.78, 5) is 75.2. The van der Waals surface area contributed by atoms with Gasteiger partial charge in [-0.3, -0.25) is 19.2 Å². The molecule has 0 bridgehead atoms. The number of carboxylic acid groups (broad SMARTS) is 2. The van der Waals surface area contributed by atoms with Gasteiger partial charge in [-0.15, -0.1) is 0 Å². The lowest BCUT2D eigenvalue weighted by Crippen LogP contribution is -2.72. The molecule has 0 aromatic rings. The van der Waals surface area contributed by atoms with Crippen molar-refractivity contribution in [3.8, 4) is 0 Å². The molecule has 4 amide bonds. The fourth-order valence-corrected chi connectivity index (χ4v) is 11.6. The molecule has 548 valence electrons. The predicted molar refractivity (Wildman–Crippen MR) is 287 cm³/mol. The monoisotopic (exact) mass is 1390 g/mol. The van der Waals surface area contributed by atoms with Crippen molar-refractivity contribution in [1.29, 1.82) is 0 Å². The van der Waals surface area contributed by atoms with Crippen LogP contribution >= 0.6 is 0 Å². The van der Waals surface area contributed by atoms with Crippen LogP contribution in [-0.4, -0.2) is 387 Å². The summed E-state index contributed by atoms with van der Waals surface area (Å²) in [7, 11) is 0. The van der Waals surface area contributed by atoms with Crippen LogP contribution in [0.25, 0.3) is 0 Å². The summed E-state index contributed by atoms with van der Waals surface area (Å²) in [6.07, 6.45) is -61.3. The molecule has 0 aliphatic carbocycles. The molecule has 43 heteroatoms. The Kier molecular flexibility index (Phi) is 29.0. The lowest BCUT2D eigenvalue weighted by Gasteiger charge is -2.52. The summed E-state index contributed by atoms with van der Waals surface area (Å²) in [5, 5.41) is 242. The van der Waals surface area contributed by atoms with E-state index >= 15 is 0 Å². The average molecular weight is 1390 g/mol. The molecule has 6 saturated heterocycles. The molecule has 0 spiro atoms. The van der Waals surface area contributed by atoms with Gasteiger partial charge in [-0.2, -0.15) is 0 Å². The van der Waals surface area contributed by atoms with Gasteiger partial charge in [-0.1, -0.05) is 0 Å². The molecule has 6 fully saturated rings. The zero-order valence-corrected chi connectivity index (χ0v) is 50.7. The van der Waals surface area contributed by atoms with Crippen molar-refractivity contribution in [2.24, 2.45) is 0 Å². The number of aliphatic carboxylic acids is 2. The lowest BCUT2D eigenvalue weighted by atomic mass is 9.87. The molecular formula is C52H84N4O39-2. The first-order valence-corrected chi connectivity index (χ1v) is 29.5. The lowest BCUT2D eigenvalue weighted by molar-refractivity contribution is -0.402. The second-order valence-electron chi connectivity index (χ2n) is 23.3. The molecule has 43 nitrogen and oxygen atoms in total. The van der Waals surface area contributed by atoms with Crippen LogP contribution in [-0.2, 0) is 85.6 Å². The minimum Gasteiger partial charge on any atom is -0.544 e. The van der Waals surface area contributed by atoms with Gasteiger partial charge in [0.15, 0.2) is 25.2 Å². The van der Waals surface area contributed by atoms with Crippen molar-refractivity contribution in [2.75, 3.05) is 52.9 Å². The van der Waals surface area contributed by atoms with Gasteiger partial charge in [-0.25, -0.2) is 0 Å². The molecule has 0 saturated carbocycles. The third-order valence-corrected chi connectivity index (χ3v) is 16.5. The van der Waals surface area contributed by atoms with Gasteiger partial charge in [-0.05, 0) is 0 Å². The van der Waals surface area contributed by atoms with Gasteiger partial charge in [0, 0.05) is 33.6 Å². The highest BCUT2D eigenvalue weighted by Gasteiger charge is 2.60. The SMILES string of the molecule is CC(=O)N[C@H]1[C@H](O[C@@H]2[C@H](O)[C@@H](O)[C@H](O[C@H]3[C@H](O)[C@@H](O)[C@H](OC[C@@H](CO)NC=O)O[C@@H]3CO)O[C@@H]2CO)O[C@H](CO[C@]2(C(=O)[O-])C[C@H](O)[C@@H](NC(C)=O)[C@H]([C@H](O)[C@@H](CO)O[C@]3(C(=O)[O-])C[C@H](O)[C@@H](NC(C)=O)[C@H]([C@H](O)[C@H](O)CO)O3)O2)[C@H](O)[C@@H]1O[C@@H]1O[C@H](CO)[C@H](O)[C@H](O)[C@H]1O. The number of amides is 4. The summed E-state index contributed by atoms with van der Waals surface area (Å²) in [6, 6.07) is -6.87. The van der Waals surface area contributed by atoms with Crippen molar-refractivity contribution in [3.05, 3.63) is 0 Å². The van der Waals surface area contributed by atoms with Crippen molar-refractivity contribution in [1.82, 2.24) is 21.3 Å². The highest BCUT2D eigenvalue weighted by molar-refractivity contribution is 5.76. The summed E-state index contributed by atoms with van der Waals surface area (Å²) < 4.78 is 68.6. The van der Waals surface area contributed by atoms with E-state index in [4.69, 9.17) is 56.8 Å². The fourth-order valence-electron chi connectivity index (χ4n) is 11.6. The summed E-state index contributed by atoms with van der Waals surface area (Å²) >= 11 is 0. The second-order valence-corrected chi connectivity index (χ2v) is 23.3. The average Bonchev–Trinajstić information content (AvgIpc) is 0.768. The van der Waals surface area contributed by atoms with Crippen LogP contribution in [0.5, 0.6) is 0 Å². The number of rotatable bonds is 31. The Balaban J connectivity index is 1.33. The van der Waals surface area contributed by atoms with Gasteiger partial charge < -0.3 is 195 Å². The van der Waals surface area contributed by atoms with E-state index in [0.29, 0.717) is 0 Å². The number of hydrogen-bond acceptors (Lipinski definition) is 39. The van der Waals surface area contributed by atoms with E-state index in [1.807, 2.05) is 0 Å². The van der Waals surface area contributed by atoms with E-state index in [1.165, 1.54) is 0 Å². The number of aliphatic hydroxyl groups excluding tert-OH is 19. The molecule has 0 unspecified atom stereocenters. The largest absolute Gasteiger partial charge is 0.544 e. The minimum absolute atomic E-state index is 0.239. The van der Waals surface area contributed by atoms with E-state index in [9.17, 15) is 136 Å². The van der Waals surface area contributed by atoms with Gasteiger partial charge in [0.25, 0.3) is 0 Å². The molecule has 95 heavy (non-hydrogen) atoms. The Morgan fingerprint density at radius 1 is 0.516 bits per heavy atom. The molecule has 6 aliphatic rings. The number of aliphatic hydroxyl groups is 19. The number of ether oxygens (including phenoxy) is 12. The number of carbonyl (C=O) groups excluding carboxylic acids is 6. The number of hydrogen-bond donors (Lipinski definition) is 23. The van der Waals surface area contributed by atoms with E-state index in [2.05, 4.69) is 21.3 Å². The topological polar surface area (TPSA) is 692 Å². The van der Waals surface area contributed by atoms with Crippen molar-refractivity contribution in [2.45, 2.75) is 235 Å². The maximum atomic E-state index is 13.5. The Labute approximate surface area is 537 Å². The predicted octanol–water partition coefficient (Wildman–Crippen LogP) is -18.8. The van der Waals surface area contributed by atoms with Crippen LogP contribution in [0.2, 0.25) is 0 Å². The van der Waals surface area contributed by atoms with E-state index in [0.717, 1.165) is 20.8 Å². The van der Waals surface area contributed by atoms with Crippen molar-refractivity contribution in [3.63, 3.8) is 0 Å². The van der Waals surface area contributed by atoms with Gasteiger partial charge >= 0.3 is 0 Å². The first-order valence-electron chi connectivity index (χ1n) is 29.5. The van der Waals surface area contributed by atoms with E-state index < -0.39 is 297 Å². The quantitative estimate of drug-likeness (QED) is 0.0287. The van der Waals surface area contributed by atoms with Crippen LogP contribution in [0.3, 0.4) is 0 Å². The number of nitrogens with one attached hydrogen (secondary N) is 4. The molecule has 0 aromatic heterocycles. The number of carbonyl (C=O) groups is 6. The standard InChI is InChI=1S/C52H86N4O39/c1-15(64)54-27-20(68)5-52(50(82)83,95-43(27)30(70)21(69)7-58)93-23(9-60)32(72)44-28(55-16(2)65)19(67)4-51(94-44,49(80)81)85-13-26-33(73)42(92-47-37(77)34(74)31(71)22(8-59)86-47)29(56-17(3)66)45(89-26)90-40-25(11-62)88-48(39(79)36(40)76)91-41-24(10-61)87-46(38(78)35(41)75)84-12-18(6-57)53-14-63/h14,18-48,57-62,67-79H,4-13H2,1-3H3,(H,53,63)(H,54,64)(H,55,65)(H,56,66)(H,80,81)(H,82,83)/p-2/t18-,19+,20+,21-,22-,23-,24-,25-,26-,27-,28-,29-,30-,31+,32-,33+,34+,35-,36-,37-,38-,39-,40+,41-,42-,43-,44-,45+,46-,47+,48+,51-,52-/m1/s1. The smallest absolute Gasteiger partial charge is 0.217 e. The third kappa shape index (κ3) is 18.1. The van der Waals surface area contributed by atoms with Gasteiger partial charge in [0.2, 0.25) is 35.7 Å². The van der Waals surface area contributed by atoms with Crippen LogP contribution in [0.4, 0.5) is 0 Å². The molecule has 6 rings (SSSR count). The molecule has 23 N–H and O–H groups in total. The van der Waals surface area contributed by atoms with Crippen molar-refractivity contribution >= 4 is 36.1 Å². The third-order valence-electron chi connectivity index (χ3n) is 16.5. The van der Waals surface area contributed by atoms with Crippen LogP contribution in [0.15, 0.2) is 0 Å². The van der Waals surface area contributed by atoms with Crippen molar-refractivity contribution < 1.29 is 193 Å².